The maximum atomic E-state index is 10.3. The van der Waals surface area contributed by atoms with Crippen LogP contribution in [0.4, 0.5) is 0 Å². The average molecular weight is 157 g/mol. The molecule has 0 bridgehead atoms. The lowest BCUT2D eigenvalue weighted by Crippen LogP contribution is -1.94. The zero-order valence-corrected chi connectivity index (χ0v) is 6.35. The van der Waals surface area contributed by atoms with Crippen molar-refractivity contribution in [3.63, 3.8) is 0 Å². The number of nitrogens with zero attached hydrogens (tertiary/aromatic N) is 1. The summed E-state index contributed by atoms with van der Waals surface area (Å²) in [7, 11) is -0.521. The number of hydrogen-bond donors (Lipinski definition) is 0. The van der Waals surface area contributed by atoms with Gasteiger partial charge >= 0.3 is 5.03 Å². The van der Waals surface area contributed by atoms with E-state index in [-0.39, 0.29) is 9.95 Å². The van der Waals surface area contributed by atoms with Gasteiger partial charge in [-0.2, -0.15) is 0 Å². The summed E-state index contributed by atoms with van der Waals surface area (Å²) in [4.78, 5) is 9.94. The van der Waals surface area contributed by atoms with Crippen LogP contribution in [-0.4, -0.2) is 10.8 Å². The van der Waals surface area contributed by atoms with Gasteiger partial charge in [-0.05, 0) is 18.4 Å². The van der Waals surface area contributed by atoms with E-state index in [0.29, 0.717) is 0 Å². The van der Waals surface area contributed by atoms with E-state index in [1.54, 1.807) is 18.4 Å². The molecule has 1 atom stereocenters. The van der Waals surface area contributed by atoms with E-state index in [1.165, 1.54) is 0 Å². The quantitative estimate of drug-likeness (QED) is 0.330. The minimum absolute atomic E-state index is 0.250. The Morgan fingerprint density at radius 1 is 1.80 bits per heavy atom. The van der Waals surface area contributed by atoms with E-state index < -0.39 is 10.5 Å². The Morgan fingerprint density at radius 2 is 2.40 bits per heavy atom. The lowest BCUT2D eigenvalue weighted by atomic mass is 10.3. The van der Waals surface area contributed by atoms with Gasteiger partial charge in [-0.15, -0.1) is 0 Å². The van der Waals surface area contributed by atoms with Gasteiger partial charge in [0.2, 0.25) is 0 Å². The molecule has 1 aliphatic rings. The highest BCUT2D eigenvalue weighted by Gasteiger charge is 2.19. The molecule has 1 heterocycles. The van der Waals surface area contributed by atoms with Gasteiger partial charge in [0, 0.05) is 5.57 Å². The standard InChI is InChI=1S/C6H7NO2S/c1-5-3-4-10(2)6(5)7(8)9/h3-4H,2H2,1H3. The minimum atomic E-state index is -0.521. The van der Waals surface area contributed by atoms with Gasteiger partial charge in [0.05, 0.1) is 4.92 Å². The van der Waals surface area contributed by atoms with Crippen LogP contribution in [0.1, 0.15) is 6.92 Å². The van der Waals surface area contributed by atoms with Crippen molar-refractivity contribution in [2.24, 2.45) is 0 Å². The number of nitro groups is 1. The first-order valence-electron chi connectivity index (χ1n) is 2.69. The Balaban J connectivity index is 3.08. The summed E-state index contributed by atoms with van der Waals surface area (Å²) in [6.45, 7) is 1.73. The second-order valence-corrected chi connectivity index (χ2v) is 3.49. The molecular formula is C6H7NO2S. The molecule has 0 saturated heterocycles. The van der Waals surface area contributed by atoms with Gasteiger partial charge < -0.3 is 0 Å². The maximum Gasteiger partial charge on any atom is 0.303 e. The van der Waals surface area contributed by atoms with Crippen LogP contribution >= 0.6 is 10.5 Å². The van der Waals surface area contributed by atoms with Gasteiger partial charge in [0.1, 0.15) is 0 Å². The molecule has 10 heavy (non-hydrogen) atoms. The van der Waals surface area contributed by atoms with Gasteiger partial charge in [-0.1, -0.05) is 16.4 Å². The van der Waals surface area contributed by atoms with Crippen molar-refractivity contribution in [3.8, 4) is 0 Å². The van der Waals surface area contributed by atoms with E-state index in [2.05, 4.69) is 5.87 Å². The van der Waals surface area contributed by atoms with Gasteiger partial charge in [0.15, 0.2) is 0 Å². The molecule has 0 N–H and O–H groups in total. The number of rotatable bonds is 1. The highest BCUT2D eigenvalue weighted by Crippen LogP contribution is 2.33. The van der Waals surface area contributed by atoms with E-state index in [9.17, 15) is 10.1 Å². The summed E-state index contributed by atoms with van der Waals surface area (Å²) in [5, 5.41) is 12.3. The van der Waals surface area contributed by atoms with Gasteiger partial charge in [0.25, 0.3) is 0 Å². The first-order valence-corrected chi connectivity index (χ1v) is 4.15. The molecule has 4 heteroatoms. The summed E-state index contributed by atoms with van der Waals surface area (Å²) < 4.78 is 0. The third kappa shape index (κ3) is 1.02. The van der Waals surface area contributed by atoms with Crippen LogP contribution in [-0.2, 0) is 0 Å². The summed E-state index contributed by atoms with van der Waals surface area (Å²) in [5.41, 5.74) is 0.725. The molecule has 0 aliphatic carbocycles. The molecule has 54 valence electrons. The SMILES string of the molecule is C=S1C=CC(C)=C1[N+](=O)[O-]. The molecule has 3 nitrogen and oxygen atoms in total. The molecule has 0 aromatic carbocycles. The van der Waals surface area contributed by atoms with Gasteiger partial charge in [-0.25, -0.2) is 0 Å². The molecule has 0 aromatic heterocycles. The average Bonchev–Trinajstić information content (AvgIpc) is 2.11. The lowest BCUT2D eigenvalue weighted by molar-refractivity contribution is -0.411. The molecule has 0 saturated carbocycles. The molecule has 0 radical (unpaired) electrons. The van der Waals surface area contributed by atoms with Crippen LogP contribution in [0.2, 0.25) is 0 Å². The van der Waals surface area contributed by atoms with Crippen molar-refractivity contribution in [1.29, 1.82) is 0 Å². The van der Waals surface area contributed by atoms with Crippen molar-refractivity contribution in [2.45, 2.75) is 6.92 Å². The Labute approximate surface area is 61.1 Å². The van der Waals surface area contributed by atoms with Crippen molar-refractivity contribution >= 4 is 16.4 Å². The fourth-order valence-electron chi connectivity index (χ4n) is 0.766. The summed E-state index contributed by atoms with van der Waals surface area (Å²) in [5.74, 6) is 3.63. The molecule has 0 fully saturated rings. The molecule has 0 spiro atoms. The van der Waals surface area contributed by atoms with Crippen molar-refractivity contribution < 1.29 is 4.92 Å². The Bertz CT molecular complexity index is 265. The third-order valence-electron chi connectivity index (χ3n) is 1.23. The fourth-order valence-corrected chi connectivity index (χ4v) is 1.94. The Morgan fingerprint density at radius 3 is 2.60 bits per heavy atom. The second-order valence-electron chi connectivity index (χ2n) is 1.98. The zero-order valence-electron chi connectivity index (χ0n) is 5.53. The summed E-state index contributed by atoms with van der Waals surface area (Å²) >= 11 is 0. The predicted octanol–water partition coefficient (Wildman–Crippen LogP) is 1.72. The minimum Gasteiger partial charge on any atom is -0.258 e. The van der Waals surface area contributed by atoms with Crippen LogP contribution in [0.5, 0.6) is 0 Å². The van der Waals surface area contributed by atoms with E-state index in [0.717, 1.165) is 5.57 Å². The van der Waals surface area contributed by atoms with Crippen LogP contribution in [0.3, 0.4) is 0 Å². The van der Waals surface area contributed by atoms with Gasteiger partial charge in [-0.3, -0.25) is 10.1 Å². The number of allylic oxidation sites excluding steroid dienone is 2. The first-order chi connectivity index (χ1) is 4.63. The van der Waals surface area contributed by atoms with Crippen LogP contribution < -0.4 is 0 Å². The summed E-state index contributed by atoms with van der Waals surface area (Å²) in [6.07, 6.45) is 1.74. The first kappa shape index (κ1) is 7.21. The molecular weight excluding hydrogens is 150 g/mol. The van der Waals surface area contributed by atoms with Crippen LogP contribution in [0.25, 0.3) is 0 Å². The molecule has 0 aromatic rings. The topological polar surface area (TPSA) is 43.1 Å². The summed E-state index contributed by atoms with van der Waals surface area (Å²) in [6, 6.07) is 0. The maximum absolute atomic E-state index is 10.3. The predicted molar refractivity (Wildman–Crippen MR) is 43.5 cm³/mol. The van der Waals surface area contributed by atoms with Crippen LogP contribution in [0, 0.1) is 10.1 Å². The highest BCUT2D eigenvalue weighted by atomic mass is 32.2. The highest BCUT2D eigenvalue weighted by molar-refractivity contribution is 8.20. The largest absolute Gasteiger partial charge is 0.303 e. The van der Waals surface area contributed by atoms with E-state index in [1.807, 2.05) is 0 Å². The van der Waals surface area contributed by atoms with Crippen LogP contribution in [0.15, 0.2) is 22.1 Å². The number of hydrogen-bond acceptors (Lipinski definition) is 2. The van der Waals surface area contributed by atoms with Crippen molar-refractivity contribution in [3.05, 3.63) is 32.2 Å². The molecule has 0 amide bonds. The molecule has 1 unspecified atom stereocenters. The van der Waals surface area contributed by atoms with E-state index >= 15 is 0 Å². The smallest absolute Gasteiger partial charge is 0.258 e. The normalized spacial score (nSPS) is 23.9. The zero-order chi connectivity index (χ0) is 7.72. The third-order valence-corrected chi connectivity index (χ3v) is 2.67. The monoisotopic (exact) mass is 157 g/mol. The van der Waals surface area contributed by atoms with E-state index in [4.69, 9.17) is 0 Å². The molecule has 1 rings (SSSR count). The van der Waals surface area contributed by atoms with Crippen molar-refractivity contribution in [2.75, 3.05) is 0 Å². The lowest BCUT2D eigenvalue weighted by Gasteiger charge is -1.92. The fraction of sp³-hybridized carbons (Fsp3) is 0.167. The van der Waals surface area contributed by atoms with Crippen molar-refractivity contribution in [1.82, 2.24) is 0 Å². The second kappa shape index (κ2) is 2.38. The Kier molecular flexibility index (Phi) is 1.72. The molecule has 1 aliphatic heterocycles. The Hall–Kier alpha value is -0.900.